The number of nitrogens with two attached hydrogens (primary N) is 1. The molecule has 0 aliphatic carbocycles. The molecule has 5 heteroatoms. The number of hydrogen-bond donors (Lipinski definition) is 1. The maximum atomic E-state index is 13.4. The van der Waals surface area contributed by atoms with Gasteiger partial charge in [0.2, 0.25) is 0 Å². The van der Waals surface area contributed by atoms with Crippen LogP contribution in [-0.2, 0) is 11.3 Å². The van der Waals surface area contributed by atoms with Gasteiger partial charge in [0.05, 0.1) is 6.10 Å². The van der Waals surface area contributed by atoms with Crippen LogP contribution in [0, 0.1) is 5.82 Å². The highest BCUT2D eigenvalue weighted by atomic mass is 32.1. The molecule has 0 bridgehead atoms. The van der Waals surface area contributed by atoms with Crippen molar-refractivity contribution < 1.29 is 9.13 Å². The number of hydrogen-bond acceptors (Lipinski definition) is 3. The average molecular weight is 282 g/mol. The molecule has 1 aliphatic heterocycles. The summed E-state index contributed by atoms with van der Waals surface area (Å²) >= 11 is 5.01. The van der Waals surface area contributed by atoms with E-state index in [1.807, 2.05) is 0 Å². The summed E-state index contributed by atoms with van der Waals surface area (Å²) < 4.78 is 18.7. The van der Waals surface area contributed by atoms with E-state index in [1.165, 1.54) is 12.1 Å². The van der Waals surface area contributed by atoms with E-state index in [0.29, 0.717) is 17.6 Å². The minimum atomic E-state index is -0.248. The minimum absolute atomic E-state index is 0.248. The second-order valence-corrected chi connectivity index (χ2v) is 5.32. The number of benzene rings is 1. The Morgan fingerprint density at radius 2 is 2.16 bits per heavy atom. The maximum absolute atomic E-state index is 13.4. The Kier molecular flexibility index (Phi) is 4.85. The van der Waals surface area contributed by atoms with E-state index >= 15 is 0 Å². The lowest BCUT2D eigenvalue weighted by Gasteiger charge is -2.31. The summed E-state index contributed by atoms with van der Waals surface area (Å²) in [6.45, 7) is 2.58. The Labute approximate surface area is 118 Å². The fourth-order valence-electron chi connectivity index (χ4n) is 2.48. The summed E-state index contributed by atoms with van der Waals surface area (Å²) in [5, 5.41) is 0. The zero-order valence-corrected chi connectivity index (χ0v) is 11.9. The maximum Gasteiger partial charge on any atom is 0.123 e. The fraction of sp³-hybridized carbons (Fsp3) is 0.500. The molecule has 3 nitrogen and oxygen atoms in total. The van der Waals surface area contributed by atoms with Gasteiger partial charge in [-0.1, -0.05) is 12.2 Å². The quantitative estimate of drug-likeness (QED) is 0.858. The molecular formula is C14H19FN2OS. The van der Waals surface area contributed by atoms with Crippen LogP contribution in [0.3, 0.4) is 0 Å². The molecule has 1 aliphatic rings. The predicted octanol–water partition coefficient (Wildman–Crippen LogP) is 2.07. The molecule has 1 saturated heterocycles. The third-order valence-corrected chi connectivity index (χ3v) is 3.81. The van der Waals surface area contributed by atoms with Crippen molar-refractivity contribution >= 4 is 17.2 Å². The number of thiocarbonyl (C=S) groups is 1. The van der Waals surface area contributed by atoms with Gasteiger partial charge in [-0.3, -0.25) is 4.90 Å². The van der Waals surface area contributed by atoms with Gasteiger partial charge in [-0.25, -0.2) is 4.39 Å². The monoisotopic (exact) mass is 282 g/mol. The molecule has 0 radical (unpaired) electrons. The summed E-state index contributed by atoms with van der Waals surface area (Å²) in [6, 6.07) is 4.58. The number of halogens is 1. The van der Waals surface area contributed by atoms with Gasteiger partial charge in [0.1, 0.15) is 10.8 Å². The molecule has 104 valence electrons. The van der Waals surface area contributed by atoms with E-state index in [1.54, 1.807) is 13.2 Å². The summed E-state index contributed by atoms with van der Waals surface area (Å²) in [6.07, 6.45) is 2.36. The Balaban J connectivity index is 2.06. The highest BCUT2D eigenvalue weighted by molar-refractivity contribution is 7.80. The highest BCUT2D eigenvalue weighted by Crippen LogP contribution is 2.18. The van der Waals surface area contributed by atoms with Gasteiger partial charge >= 0.3 is 0 Å². The Morgan fingerprint density at radius 1 is 1.47 bits per heavy atom. The number of ether oxygens (including phenoxy) is 1. The first-order valence-electron chi connectivity index (χ1n) is 6.43. The largest absolute Gasteiger partial charge is 0.389 e. The summed E-state index contributed by atoms with van der Waals surface area (Å²) in [5.74, 6) is -0.248. The first-order valence-corrected chi connectivity index (χ1v) is 6.84. The van der Waals surface area contributed by atoms with E-state index in [-0.39, 0.29) is 5.82 Å². The van der Waals surface area contributed by atoms with Gasteiger partial charge in [-0.2, -0.15) is 0 Å². The van der Waals surface area contributed by atoms with Crippen LogP contribution in [0.25, 0.3) is 0 Å². The SMILES string of the molecule is COC1CCN(Cc2cc(F)ccc2C(N)=S)CC1. The average Bonchev–Trinajstić information content (AvgIpc) is 2.39. The van der Waals surface area contributed by atoms with Gasteiger partial charge in [0.15, 0.2) is 0 Å². The fourth-order valence-corrected chi connectivity index (χ4v) is 2.68. The van der Waals surface area contributed by atoms with Gasteiger partial charge in [0, 0.05) is 32.3 Å². The van der Waals surface area contributed by atoms with Crippen molar-refractivity contribution in [2.75, 3.05) is 20.2 Å². The number of likely N-dealkylation sites (tertiary alicyclic amines) is 1. The lowest BCUT2D eigenvalue weighted by molar-refractivity contribution is 0.0388. The molecule has 1 fully saturated rings. The van der Waals surface area contributed by atoms with E-state index in [0.717, 1.165) is 37.1 Å². The van der Waals surface area contributed by atoms with E-state index in [9.17, 15) is 4.39 Å². The third kappa shape index (κ3) is 3.72. The van der Waals surface area contributed by atoms with Gasteiger partial charge in [-0.05, 0) is 36.6 Å². The molecule has 1 aromatic rings. The Bertz CT molecular complexity index is 459. The third-order valence-electron chi connectivity index (χ3n) is 3.59. The van der Waals surface area contributed by atoms with Gasteiger partial charge < -0.3 is 10.5 Å². The first-order chi connectivity index (χ1) is 9.10. The molecule has 0 unspecified atom stereocenters. The van der Waals surface area contributed by atoms with Gasteiger partial charge in [0.25, 0.3) is 0 Å². The van der Waals surface area contributed by atoms with Crippen LogP contribution in [-0.4, -0.2) is 36.2 Å². The first kappa shape index (κ1) is 14.4. The second kappa shape index (κ2) is 6.41. The molecule has 2 N–H and O–H groups in total. The normalized spacial score (nSPS) is 17.6. The van der Waals surface area contributed by atoms with Gasteiger partial charge in [-0.15, -0.1) is 0 Å². The molecule has 0 amide bonds. The Hall–Kier alpha value is -1.04. The molecule has 0 atom stereocenters. The zero-order valence-electron chi connectivity index (χ0n) is 11.1. The smallest absolute Gasteiger partial charge is 0.123 e. The number of methoxy groups -OCH3 is 1. The highest BCUT2D eigenvalue weighted by Gasteiger charge is 2.19. The number of nitrogens with zero attached hydrogens (tertiary/aromatic N) is 1. The van der Waals surface area contributed by atoms with Crippen LogP contribution in [0.5, 0.6) is 0 Å². The predicted molar refractivity (Wildman–Crippen MR) is 77.6 cm³/mol. The van der Waals surface area contributed by atoms with E-state index in [2.05, 4.69) is 4.90 Å². The molecular weight excluding hydrogens is 263 g/mol. The van der Waals surface area contributed by atoms with Crippen LogP contribution < -0.4 is 5.73 Å². The van der Waals surface area contributed by atoms with Crippen LogP contribution in [0.1, 0.15) is 24.0 Å². The van der Waals surface area contributed by atoms with Crippen LogP contribution in [0.15, 0.2) is 18.2 Å². The lowest BCUT2D eigenvalue weighted by Crippen LogP contribution is -2.36. The zero-order chi connectivity index (χ0) is 13.8. The summed E-state index contributed by atoms with van der Waals surface area (Å²) in [4.78, 5) is 2.60. The molecule has 0 aromatic heterocycles. The van der Waals surface area contributed by atoms with Crippen molar-refractivity contribution in [2.24, 2.45) is 5.73 Å². The molecule has 2 rings (SSSR count). The molecule has 0 spiro atoms. The lowest BCUT2D eigenvalue weighted by atomic mass is 10.0. The topological polar surface area (TPSA) is 38.5 Å². The number of piperidine rings is 1. The second-order valence-electron chi connectivity index (χ2n) is 4.88. The van der Waals surface area contributed by atoms with Crippen molar-refractivity contribution in [1.82, 2.24) is 4.90 Å². The molecule has 0 saturated carbocycles. The van der Waals surface area contributed by atoms with Crippen molar-refractivity contribution in [3.63, 3.8) is 0 Å². The van der Waals surface area contributed by atoms with Crippen LogP contribution in [0.4, 0.5) is 4.39 Å². The molecule has 19 heavy (non-hydrogen) atoms. The van der Waals surface area contributed by atoms with Crippen molar-refractivity contribution in [1.29, 1.82) is 0 Å². The molecule has 1 aromatic carbocycles. The molecule has 1 heterocycles. The van der Waals surface area contributed by atoms with Crippen LogP contribution >= 0.6 is 12.2 Å². The Morgan fingerprint density at radius 3 is 2.74 bits per heavy atom. The standard InChI is InChI=1S/C14H19FN2OS/c1-18-12-4-6-17(7-5-12)9-10-8-11(15)2-3-13(10)14(16)19/h2-3,8,12H,4-7,9H2,1H3,(H2,16,19). The van der Waals surface area contributed by atoms with E-state index in [4.69, 9.17) is 22.7 Å². The van der Waals surface area contributed by atoms with Crippen molar-refractivity contribution in [2.45, 2.75) is 25.5 Å². The summed E-state index contributed by atoms with van der Waals surface area (Å²) in [7, 11) is 1.75. The van der Waals surface area contributed by atoms with E-state index < -0.39 is 0 Å². The minimum Gasteiger partial charge on any atom is -0.389 e. The van der Waals surface area contributed by atoms with Crippen LogP contribution in [0.2, 0.25) is 0 Å². The van der Waals surface area contributed by atoms with Crippen molar-refractivity contribution in [3.05, 3.63) is 35.1 Å². The number of rotatable bonds is 4. The van der Waals surface area contributed by atoms with Crippen molar-refractivity contribution in [3.8, 4) is 0 Å². The summed E-state index contributed by atoms with van der Waals surface area (Å²) in [5.41, 5.74) is 7.32.